The zero-order valence-electron chi connectivity index (χ0n) is 11.3. The number of aryl methyl sites for hydroxylation is 1. The van der Waals surface area contributed by atoms with E-state index >= 15 is 0 Å². The third kappa shape index (κ3) is 2.27. The van der Waals surface area contributed by atoms with E-state index in [4.69, 9.17) is 0 Å². The van der Waals surface area contributed by atoms with Gasteiger partial charge in [-0.1, -0.05) is 0 Å². The molecule has 0 radical (unpaired) electrons. The summed E-state index contributed by atoms with van der Waals surface area (Å²) in [5, 5.41) is 17.0. The van der Waals surface area contributed by atoms with Gasteiger partial charge in [0.1, 0.15) is 0 Å². The molecule has 2 N–H and O–H groups in total. The molecule has 6 nitrogen and oxygen atoms in total. The zero-order chi connectivity index (χ0) is 14.3. The van der Waals surface area contributed by atoms with Gasteiger partial charge in [0.05, 0.1) is 10.8 Å². The Morgan fingerprint density at radius 1 is 1.45 bits per heavy atom. The number of nitro groups is 1. The molecule has 0 aromatic heterocycles. The summed E-state index contributed by atoms with van der Waals surface area (Å²) in [6.07, 6.45) is 3.11. The van der Waals surface area contributed by atoms with Crippen LogP contribution in [0.5, 0.6) is 0 Å². The maximum atomic E-state index is 12.3. The highest BCUT2D eigenvalue weighted by Crippen LogP contribution is 2.34. The van der Waals surface area contributed by atoms with Crippen molar-refractivity contribution < 1.29 is 9.72 Å². The van der Waals surface area contributed by atoms with E-state index in [0.29, 0.717) is 23.3 Å². The number of amides is 1. The lowest BCUT2D eigenvalue weighted by molar-refractivity contribution is -0.384. The minimum Gasteiger partial charge on any atom is -0.326 e. The first-order valence-corrected chi connectivity index (χ1v) is 6.86. The fraction of sp³-hybridized carbons (Fsp3) is 0.500. The van der Waals surface area contributed by atoms with E-state index in [1.807, 2.05) is 0 Å². The third-order valence-electron chi connectivity index (χ3n) is 4.32. The molecule has 0 spiro atoms. The molecule has 2 saturated heterocycles. The topological polar surface area (TPSA) is 84.3 Å². The highest BCUT2D eigenvalue weighted by Gasteiger charge is 2.42. The molecule has 1 aromatic carbocycles. The van der Waals surface area contributed by atoms with Crippen molar-refractivity contribution in [2.45, 2.75) is 38.3 Å². The molecule has 106 valence electrons. The van der Waals surface area contributed by atoms with Gasteiger partial charge in [-0.3, -0.25) is 14.9 Å². The van der Waals surface area contributed by atoms with Gasteiger partial charge >= 0.3 is 0 Å². The van der Waals surface area contributed by atoms with Crippen LogP contribution in [0.15, 0.2) is 18.2 Å². The molecule has 2 aliphatic heterocycles. The average molecular weight is 275 g/mol. The van der Waals surface area contributed by atoms with Crippen molar-refractivity contribution in [3.05, 3.63) is 33.9 Å². The molecule has 20 heavy (non-hydrogen) atoms. The van der Waals surface area contributed by atoms with Crippen LogP contribution < -0.4 is 10.6 Å². The van der Waals surface area contributed by atoms with Crippen LogP contribution in [0.3, 0.4) is 0 Å². The van der Waals surface area contributed by atoms with Crippen LogP contribution in [0.4, 0.5) is 11.4 Å². The Morgan fingerprint density at radius 2 is 2.25 bits per heavy atom. The molecule has 2 heterocycles. The van der Waals surface area contributed by atoms with Gasteiger partial charge < -0.3 is 10.6 Å². The normalized spacial score (nSPS) is 27.6. The predicted octanol–water partition coefficient (Wildman–Crippen LogP) is 1.98. The van der Waals surface area contributed by atoms with E-state index in [1.54, 1.807) is 13.0 Å². The number of nitro benzene ring substituents is 1. The Hall–Kier alpha value is -1.95. The summed E-state index contributed by atoms with van der Waals surface area (Å²) in [6.45, 7) is 1.77. The number of carbonyl (C=O) groups excluding carboxylic acids is 1. The molecule has 3 atom stereocenters. The SMILES string of the molecule is Cc1cc([N+](=O)[O-])ccc1NC(=O)C1CC2CCC1N2. The predicted molar refractivity (Wildman–Crippen MR) is 74.5 cm³/mol. The first-order valence-electron chi connectivity index (χ1n) is 6.86. The first kappa shape index (κ1) is 13.1. The molecule has 3 rings (SSSR count). The second-order valence-electron chi connectivity index (χ2n) is 5.64. The molecule has 2 aliphatic rings. The summed E-state index contributed by atoms with van der Waals surface area (Å²) < 4.78 is 0. The van der Waals surface area contributed by atoms with Gasteiger partial charge in [-0.05, 0) is 37.8 Å². The number of hydrogen-bond acceptors (Lipinski definition) is 4. The summed E-state index contributed by atoms with van der Waals surface area (Å²) in [5.74, 6) is 0.0324. The number of non-ortho nitro benzene ring substituents is 1. The summed E-state index contributed by atoms with van der Waals surface area (Å²) >= 11 is 0. The van der Waals surface area contributed by atoms with Crippen molar-refractivity contribution in [3.8, 4) is 0 Å². The number of fused-ring (bicyclic) bond motifs is 2. The van der Waals surface area contributed by atoms with Crippen molar-refractivity contribution >= 4 is 17.3 Å². The quantitative estimate of drug-likeness (QED) is 0.652. The van der Waals surface area contributed by atoms with Gasteiger partial charge in [-0.15, -0.1) is 0 Å². The number of nitrogens with one attached hydrogen (secondary N) is 2. The van der Waals surface area contributed by atoms with E-state index in [2.05, 4.69) is 10.6 Å². The van der Waals surface area contributed by atoms with Gasteiger partial charge in [0.25, 0.3) is 5.69 Å². The van der Waals surface area contributed by atoms with Crippen LogP contribution in [-0.4, -0.2) is 22.9 Å². The Balaban J connectivity index is 1.71. The molecule has 0 aliphatic carbocycles. The number of anilines is 1. The zero-order valence-corrected chi connectivity index (χ0v) is 11.3. The lowest BCUT2D eigenvalue weighted by Crippen LogP contribution is -2.33. The van der Waals surface area contributed by atoms with Crippen LogP contribution in [0, 0.1) is 23.0 Å². The smallest absolute Gasteiger partial charge is 0.269 e. The molecule has 0 saturated carbocycles. The van der Waals surface area contributed by atoms with Crippen molar-refractivity contribution in [2.24, 2.45) is 5.92 Å². The standard InChI is InChI=1S/C14H17N3O3/c1-8-6-10(17(19)20)3-5-12(8)16-14(18)11-7-9-2-4-13(11)15-9/h3,5-6,9,11,13,15H,2,4,7H2,1H3,(H,16,18). The van der Waals surface area contributed by atoms with Crippen LogP contribution in [0.2, 0.25) is 0 Å². The summed E-state index contributed by atoms with van der Waals surface area (Å²) in [6, 6.07) is 5.27. The minimum absolute atomic E-state index is 0.0154. The van der Waals surface area contributed by atoms with Gasteiger partial charge in [-0.2, -0.15) is 0 Å². The maximum Gasteiger partial charge on any atom is 0.269 e. The number of nitrogens with zero attached hydrogens (tertiary/aromatic N) is 1. The van der Waals surface area contributed by atoms with Crippen LogP contribution in [-0.2, 0) is 4.79 Å². The van der Waals surface area contributed by atoms with E-state index in [9.17, 15) is 14.9 Å². The molecule has 6 heteroatoms. The molecular formula is C14H17N3O3. The molecular weight excluding hydrogens is 258 g/mol. The Bertz CT molecular complexity index is 573. The Kier molecular flexibility index (Phi) is 3.17. The molecule has 1 aromatic rings. The van der Waals surface area contributed by atoms with Gasteiger partial charge in [0.2, 0.25) is 5.91 Å². The number of rotatable bonds is 3. The summed E-state index contributed by atoms with van der Waals surface area (Å²) in [4.78, 5) is 22.6. The Morgan fingerprint density at radius 3 is 2.80 bits per heavy atom. The van der Waals surface area contributed by atoms with E-state index < -0.39 is 4.92 Å². The molecule has 2 fully saturated rings. The fourth-order valence-electron chi connectivity index (χ4n) is 3.24. The highest BCUT2D eigenvalue weighted by atomic mass is 16.6. The number of hydrogen-bond donors (Lipinski definition) is 2. The monoisotopic (exact) mass is 275 g/mol. The maximum absolute atomic E-state index is 12.3. The number of carbonyl (C=O) groups is 1. The lowest BCUT2D eigenvalue weighted by Gasteiger charge is -2.20. The fourth-order valence-corrected chi connectivity index (χ4v) is 3.24. The van der Waals surface area contributed by atoms with E-state index in [-0.39, 0.29) is 17.5 Å². The Labute approximate surface area is 116 Å². The second-order valence-corrected chi connectivity index (χ2v) is 5.64. The van der Waals surface area contributed by atoms with Crippen molar-refractivity contribution in [1.82, 2.24) is 5.32 Å². The van der Waals surface area contributed by atoms with E-state index in [1.165, 1.54) is 12.1 Å². The first-order chi connectivity index (χ1) is 9.54. The molecule has 3 unspecified atom stereocenters. The van der Waals surface area contributed by atoms with Gasteiger partial charge in [0, 0.05) is 29.9 Å². The van der Waals surface area contributed by atoms with Gasteiger partial charge in [0.15, 0.2) is 0 Å². The van der Waals surface area contributed by atoms with Crippen LogP contribution >= 0.6 is 0 Å². The molecule has 1 amide bonds. The minimum atomic E-state index is -0.432. The summed E-state index contributed by atoms with van der Waals surface area (Å²) in [7, 11) is 0. The third-order valence-corrected chi connectivity index (χ3v) is 4.32. The van der Waals surface area contributed by atoms with Crippen molar-refractivity contribution in [3.63, 3.8) is 0 Å². The summed E-state index contributed by atoms with van der Waals surface area (Å²) in [5.41, 5.74) is 1.41. The molecule has 2 bridgehead atoms. The largest absolute Gasteiger partial charge is 0.326 e. The average Bonchev–Trinajstić information content (AvgIpc) is 3.03. The van der Waals surface area contributed by atoms with Crippen LogP contribution in [0.1, 0.15) is 24.8 Å². The number of benzene rings is 1. The van der Waals surface area contributed by atoms with E-state index in [0.717, 1.165) is 19.3 Å². The highest BCUT2D eigenvalue weighted by molar-refractivity contribution is 5.94. The van der Waals surface area contributed by atoms with Crippen molar-refractivity contribution in [1.29, 1.82) is 0 Å². The van der Waals surface area contributed by atoms with Crippen LogP contribution in [0.25, 0.3) is 0 Å². The van der Waals surface area contributed by atoms with Crippen molar-refractivity contribution in [2.75, 3.05) is 5.32 Å². The van der Waals surface area contributed by atoms with Gasteiger partial charge in [-0.25, -0.2) is 0 Å². The second kappa shape index (κ2) is 4.86. The lowest BCUT2D eigenvalue weighted by atomic mass is 9.88.